The summed E-state index contributed by atoms with van der Waals surface area (Å²) >= 11 is 0. The summed E-state index contributed by atoms with van der Waals surface area (Å²) in [6, 6.07) is 5.88. The molecule has 0 aliphatic carbocycles. The molecule has 0 saturated heterocycles. The van der Waals surface area contributed by atoms with E-state index in [0.29, 0.717) is 5.56 Å². The molecular weight excluding hydrogens is 217 g/mol. The topological polar surface area (TPSA) is 60.2 Å². The zero-order chi connectivity index (χ0) is 11.5. The molecule has 1 unspecified atom stereocenters. The van der Waals surface area contributed by atoms with Gasteiger partial charge in [0.2, 0.25) is 0 Å². The molecule has 0 heterocycles. The van der Waals surface area contributed by atoms with Crippen molar-refractivity contribution in [1.82, 2.24) is 0 Å². The van der Waals surface area contributed by atoms with Crippen LogP contribution in [0.4, 0.5) is 4.39 Å². The van der Waals surface area contributed by atoms with Crippen molar-refractivity contribution >= 4 is 9.84 Å². The molecule has 0 spiro atoms. The van der Waals surface area contributed by atoms with Gasteiger partial charge in [0.15, 0.2) is 0 Å². The number of hydrogen-bond donors (Lipinski definition) is 1. The molecule has 1 aromatic carbocycles. The van der Waals surface area contributed by atoms with Gasteiger partial charge >= 0.3 is 0 Å². The second kappa shape index (κ2) is 4.72. The van der Waals surface area contributed by atoms with Crippen molar-refractivity contribution in [2.45, 2.75) is 5.92 Å². The Labute approximate surface area is 89.0 Å². The van der Waals surface area contributed by atoms with Crippen LogP contribution in [-0.2, 0) is 9.84 Å². The smallest absolute Gasteiger partial charge is 0.148 e. The number of rotatable bonds is 4. The summed E-state index contributed by atoms with van der Waals surface area (Å²) in [5, 5.41) is 0. The Hall–Kier alpha value is -0.940. The summed E-state index contributed by atoms with van der Waals surface area (Å²) < 4.78 is 35.1. The maximum Gasteiger partial charge on any atom is 0.148 e. The van der Waals surface area contributed by atoms with E-state index in [1.165, 1.54) is 12.1 Å². The fourth-order valence-electron chi connectivity index (χ4n) is 1.43. The van der Waals surface area contributed by atoms with Crippen LogP contribution in [0.15, 0.2) is 24.3 Å². The molecule has 0 aromatic heterocycles. The highest BCUT2D eigenvalue weighted by Crippen LogP contribution is 2.17. The summed E-state index contributed by atoms with van der Waals surface area (Å²) in [6.07, 6.45) is 1.15. The normalized spacial score (nSPS) is 13.8. The minimum absolute atomic E-state index is 0.0487. The highest BCUT2D eigenvalue weighted by Gasteiger charge is 2.16. The van der Waals surface area contributed by atoms with Crippen molar-refractivity contribution in [3.05, 3.63) is 35.6 Å². The zero-order valence-corrected chi connectivity index (χ0v) is 9.30. The number of nitrogens with two attached hydrogens (primary N) is 1. The summed E-state index contributed by atoms with van der Waals surface area (Å²) in [7, 11) is -3.10. The van der Waals surface area contributed by atoms with E-state index in [2.05, 4.69) is 0 Å². The van der Waals surface area contributed by atoms with E-state index >= 15 is 0 Å². The van der Waals surface area contributed by atoms with Crippen molar-refractivity contribution < 1.29 is 12.8 Å². The zero-order valence-electron chi connectivity index (χ0n) is 8.48. The van der Waals surface area contributed by atoms with Gasteiger partial charge in [-0.15, -0.1) is 0 Å². The average molecular weight is 231 g/mol. The molecule has 0 saturated carbocycles. The van der Waals surface area contributed by atoms with Crippen LogP contribution in [0.1, 0.15) is 11.5 Å². The molecule has 0 radical (unpaired) electrons. The number of hydrogen-bond acceptors (Lipinski definition) is 3. The molecule has 1 rings (SSSR count). The Morgan fingerprint density at radius 1 is 1.47 bits per heavy atom. The fraction of sp³-hybridized carbons (Fsp3) is 0.400. The number of benzene rings is 1. The van der Waals surface area contributed by atoms with Crippen molar-refractivity contribution in [2.75, 3.05) is 18.6 Å². The van der Waals surface area contributed by atoms with Gasteiger partial charge in [-0.25, -0.2) is 12.8 Å². The molecule has 0 fully saturated rings. The Morgan fingerprint density at radius 2 is 2.13 bits per heavy atom. The summed E-state index contributed by atoms with van der Waals surface area (Å²) in [6.45, 7) is 0.191. The molecule has 1 aromatic rings. The molecule has 84 valence electrons. The van der Waals surface area contributed by atoms with Gasteiger partial charge in [-0.1, -0.05) is 12.1 Å². The second-order valence-electron chi connectivity index (χ2n) is 3.58. The van der Waals surface area contributed by atoms with E-state index in [0.717, 1.165) is 6.26 Å². The van der Waals surface area contributed by atoms with E-state index in [9.17, 15) is 12.8 Å². The van der Waals surface area contributed by atoms with Crippen LogP contribution in [0, 0.1) is 5.82 Å². The lowest BCUT2D eigenvalue weighted by Gasteiger charge is -2.13. The largest absolute Gasteiger partial charge is 0.330 e. The van der Waals surface area contributed by atoms with Crippen LogP contribution in [0.5, 0.6) is 0 Å². The summed E-state index contributed by atoms with van der Waals surface area (Å²) in [5.41, 5.74) is 6.10. The van der Waals surface area contributed by atoms with Crippen LogP contribution in [0.3, 0.4) is 0 Å². The average Bonchev–Trinajstić information content (AvgIpc) is 2.13. The Morgan fingerprint density at radius 3 is 2.60 bits per heavy atom. The third kappa shape index (κ3) is 3.97. The Balaban J connectivity index is 2.93. The third-order valence-electron chi connectivity index (χ3n) is 2.11. The quantitative estimate of drug-likeness (QED) is 0.838. The van der Waals surface area contributed by atoms with Gasteiger partial charge in [0.05, 0.1) is 5.75 Å². The molecule has 0 aliphatic heterocycles. The van der Waals surface area contributed by atoms with Crippen LogP contribution in [0.25, 0.3) is 0 Å². The van der Waals surface area contributed by atoms with Crippen molar-refractivity contribution in [1.29, 1.82) is 0 Å². The highest BCUT2D eigenvalue weighted by molar-refractivity contribution is 7.90. The lowest BCUT2D eigenvalue weighted by atomic mass is 10.0. The van der Waals surface area contributed by atoms with Crippen LogP contribution < -0.4 is 5.73 Å². The lowest BCUT2D eigenvalue weighted by molar-refractivity contribution is 0.591. The maximum absolute atomic E-state index is 12.9. The second-order valence-corrected chi connectivity index (χ2v) is 5.76. The predicted octanol–water partition coefficient (Wildman–Crippen LogP) is 0.913. The minimum atomic E-state index is -3.10. The number of halogens is 1. The minimum Gasteiger partial charge on any atom is -0.330 e. The first-order valence-corrected chi connectivity index (χ1v) is 6.61. The highest BCUT2D eigenvalue weighted by atomic mass is 32.2. The maximum atomic E-state index is 12.9. The first-order valence-electron chi connectivity index (χ1n) is 4.55. The molecule has 0 amide bonds. The van der Waals surface area contributed by atoms with E-state index in [1.54, 1.807) is 12.1 Å². The van der Waals surface area contributed by atoms with Crippen LogP contribution in [0.2, 0.25) is 0 Å². The Kier molecular flexibility index (Phi) is 3.82. The molecular formula is C10H14FNO2S. The van der Waals surface area contributed by atoms with E-state index < -0.39 is 9.84 Å². The van der Waals surface area contributed by atoms with Crippen molar-refractivity contribution in [3.8, 4) is 0 Å². The van der Waals surface area contributed by atoms with Crippen LogP contribution >= 0.6 is 0 Å². The van der Waals surface area contributed by atoms with Gasteiger partial charge in [-0.05, 0) is 17.7 Å². The monoisotopic (exact) mass is 231 g/mol. The first kappa shape index (κ1) is 12.1. The molecule has 0 bridgehead atoms. The van der Waals surface area contributed by atoms with Crippen molar-refractivity contribution in [2.24, 2.45) is 5.73 Å². The van der Waals surface area contributed by atoms with E-state index in [1.807, 2.05) is 0 Å². The van der Waals surface area contributed by atoms with Gasteiger partial charge in [-0.3, -0.25) is 0 Å². The predicted molar refractivity (Wildman–Crippen MR) is 57.9 cm³/mol. The third-order valence-corrected chi connectivity index (χ3v) is 3.12. The van der Waals surface area contributed by atoms with Crippen LogP contribution in [-0.4, -0.2) is 27.0 Å². The molecule has 5 heteroatoms. The molecule has 0 aliphatic rings. The fourth-order valence-corrected chi connectivity index (χ4v) is 2.49. The van der Waals surface area contributed by atoms with Crippen molar-refractivity contribution in [3.63, 3.8) is 0 Å². The SMILES string of the molecule is CS(=O)(=O)CC(CN)c1cccc(F)c1. The van der Waals surface area contributed by atoms with Gasteiger partial charge in [-0.2, -0.15) is 0 Å². The molecule has 15 heavy (non-hydrogen) atoms. The molecule has 3 nitrogen and oxygen atoms in total. The summed E-state index contributed by atoms with van der Waals surface area (Å²) in [4.78, 5) is 0. The van der Waals surface area contributed by atoms with E-state index in [4.69, 9.17) is 5.73 Å². The first-order chi connectivity index (χ1) is 6.92. The summed E-state index contributed by atoms with van der Waals surface area (Å²) in [5.74, 6) is -0.761. The number of sulfone groups is 1. The van der Waals surface area contributed by atoms with Gasteiger partial charge in [0.25, 0.3) is 0 Å². The lowest BCUT2D eigenvalue weighted by Crippen LogP contribution is -2.21. The Bertz CT molecular complexity index is 431. The van der Waals surface area contributed by atoms with E-state index in [-0.39, 0.29) is 24.0 Å². The van der Waals surface area contributed by atoms with Gasteiger partial charge in [0.1, 0.15) is 15.7 Å². The molecule has 2 N–H and O–H groups in total. The van der Waals surface area contributed by atoms with Gasteiger partial charge < -0.3 is 5.73 Å². The molecule has 1 atom stereocenters. The standard InChI is InChI=1S/C10H14FNO2S/c1-15(13,14)7-9(6-12)8-3-2-4-10(11)5-8/h2-5,9H,6-7,12H2,1H3. The van der Waals surface area contributed by atoms with Gasteiger partial charge in [0, 0.05) is 18.7 Å².